The average molecular weight is 461 g/mol. The lowest BCUT2D eigenvalue weighted by molar-refractivity contribution is 0.0939. The number of carbonyl (C=O) groups excluding carboxylic acids is 1. The second-order valence-corrected chi connectivity index (χ2v) is 10.2. The Hall–Kier alpha value is -3.58. The molecule has 0 saturated carbocycles. The summed E-state index contributed by atoms with van der Waals surface area (Å²) in [4.78, 5) is 13.3. The zero-order valence-electron chi connectivity index (χ0n) is 18.2. The molecule has 33 heavy (non-hydrogen) atoms. The van der Waals surface area contributed by atoms with Crippen LogP contribution in [0.5, 0.6) is 0 Å². The molecule has 1 amide bonds. The highest BCUT2D eigenvalue weighted by Gasteiger charge is 2.26. The van der Waals surface area contributed by atoms with Crippen LogP contribution in [0.4, 0.5) is 5.69 Å². The fraction of sp³-hybridized carbons (Fsp3) is 0.192. The van der Waals surface area contributed by atoms with E-state index in [1.54, 1.807) is 18.2 Å². The average Bonchev–Trinajstić information content (AvgIpc) is 3.25. The molecule has 3 aromatic carbocycles. The van der Waals surface area contributed by atoms with Crippen LogP contribution in [-0.4, -0.2) is 27.1 Å². The molecule has 1 N–H and O–H groups in total. The Kier molecular flexibility index (Phi) is 5.42. The predicted molar refractivity (Wildman–Crippen MR) is 129 cm³/mol. The first-order chi connectivity index (χ1) is 15.9. The van der Waals surface area contributed by atoms with Gasteiger partial charge in [0.15, 0.2) is 0 Å². The molecular formula is C26H24N2O4S. The number of aryl methyl sites for hydroxylation is 1. The summed E-state index contributed by atoms with van der Waals surface area (Å²) in [5.41, 5.74) is 3.67. The van der Waals surface area contributed by atoms with E-state index in [1.807, 2.05) is 60.7 Å². The van der Waals surface area contributed by atoms with Gasteiger partial charge in [0.2, 0.25) is 10.0 Å². The molecule has 6 nitrogen and oxygen atoms in total. The molecule has 1 aromatic heterocycles. The Labute approximate surface area is 192 Å². The van der Waals surface area contributed by atoms with Crippen LogP contribution in [0.1, 0.15) is 39.7 Å². The molecule has 0 saturated heterocycles. The molecule has 7 heteroatoms. The van der Waals surface area contributed by atoms with Crippen LogP contribution in [0.25, 0.3) is 11.0 Å². The van der Waals surface area contributed by atoms with Crippen molar-refractivity contribution in [1.82, 2.24) is 5.32 Å². The predicted octanol–water partition coefficient (Wildman–Crippen LogP) is 4.66. The SMILES string of the molecule is CS(=O)(=O)N1CCCc2cc(C(=O)NC(c3ccccc3)c3cc4ccccc4o3)ccc21. The standard InChI is InChI=1S/C26H24N2O4S/c1-33(30,31)28-15-7-11-19-16-21(13-14-22(19)28)26(29)27-25(18-8-3-2-4-9-18)24-17-20-10-5-6-12-23(20)32-24/h2-6,8-10,12-14,16-17,25H,7,11,15H2,1H3,(H,27,29). The number of furan rings is 1. The van der Waals surface area contributed by atoms with E-state index >= 15 is 0 Å². The molecule has 2 heterocycles. The second-order valence-electron chi connectivity index (χ2n) is 8.29. The molecule has 0 radical (unpaired) electrons. The summed E-state index contributed by atoms with van der Waals surface area (Å²) in [5.74, 6) is 0.403. The quantitative estimate of drug-likeness (QED) is 0.470. The molecule has 1 atom stereocenters. The first-order valence-electron chi connectivity index (χ1n) is 10.8. The van der Waals surface area contributed by atoms with Gasteiger partial charge < -0.3 is 9.73 Å². The van der Waals surface area contributed by atoms with Crippen molar-refractivity contribution in [3.8, 4) is 0 Å². The number of hydrogen-bond donors (Lipinski definition) is 1. The molecule has 0 bridgehead atoms. The minimum absolute atomic E-state index is 0.247. The Balaban J connectivity index is 1.48. The van der Waals surface area contributed by atoms with Crippen molar-refractivity contribution in [1.29, 1.82) is 0 Å². The van der Waals surface area contributed by atoms with Crippen molar-refractivity contribution in [2.24, 2.45) is 0 Å². The monoisotopic (exact) mass is 460 g/mol. The molecule has 0 spiro atoms. The number of hydrogen-bond acceptors (Lipinski definition) is 4. The van der Waals surface area contributed by atoms with Crippen molar-refractivity contribution >= 4 is 32.6 Å². The van der Waals surface area contributed by atoms with E-state index in [1.165, 1.54) is 10.6 Å². The van der Waals surface area contributed by atoms with E-state index < -0.39 is 16.1 Å². The Morgan fingerprint density at radius 1 is 1.00 bits per heavy atom. The summed E-state index contributed by atoms with van der Waals surface area (Å²) in [7, 11) is -3.36. The second kappa shape index (κ2) is 8.41. The van der Waals surface area contributed by atoms with Gasteiger partial charge in [0.05, 0.1) is 11.9 Å². The van der Waals surface area contributed by atoms with E-state index in [2.05, 4.69) is 5.32 Å². The molecule has 0 aliphatic carbocycles. The summed E-state index contributed by atoms with van der Waals surface area (Å²) in [6.07, 6.45) is 2.66. The fourth-order valence-corrected chi connectivity index (χ4v) is 5.37. The van der Waals surface area contributed by atoms with Gasteiger partial charge in [-0.05, 0) is 54.3 Å². The van der Waals surface area contributed by atoms with Gasteiger partial charge in [0.1, 0.15) is 17.4 Å². The number of para-hydroxylation sites is 1. The molecular weight excluding hydrogens is 436 g/mol. The molecule has 168 valence electrons. The zero-order valence-corrected chi connectivity index (χ0v) is 19.0. The minimum Gasteiger partial charge on any atom is -0.459 e. The maximum Gasteiger partial charge on any atom is 0.252 e. The van der Waals surface area contributed by atoms with Gasteiger partial charge in [0.25, 0.3) is 5.91 Å². The van der Waals surface area contributed by atoms with Crippen LogP contribution < -0.4 is 9.62 Å². The van der Waals surface area contributed by atoms with Crippen molar-refractivity contribution in [3.63, 3.8) is 0 Å². The van der Waals surface area contributed by atoms with E-state index in [-0.39, 0.29) is 5.91 Å². The van der Waals surface area contributed by atoms with Gasteiger partial charge in [-0.25, -0.2) is 8.42 Å². The van der Waals surface area contributed by atoms with Gasteiger partial charge in [-0.1, -0.05) is 48.5 Å². The number of sulfonamides is 1. The van der Waals surface area contributed by atoms with E-state index in [0.29, 0.717) is 23.6 Å². The van der Waals surface area contributed by atoms with Gasteiger partial charge in [0, 0.05) is 17.5 Å². The van der Waals surface area contributed by atoms with Crippen LogP contribution in [-0.2, 0) is 16.4 Å². The van der Waals surface area contributed by atoms with Crippen molar-refractivity contribution < 1.29 is 17.6 Å². The van der Waals surface area contributed by atoms with Gasteiger partial charge in [-0.2, -0.15) is 0 Å². The van der Waals surface area contributed by atoms with E-state index in [9.17, 15) is 13.2 Å². The summed E-state index contributed by atoms with van der Waals surface area (Å²) in [6, 6.07) is 24.1. The number of rotatable bonds is 5. The summed E-state index contributed by atoms with van der Waals surface area (Å²) >= 11 is 0. The number of nitrogens with one attached hydrogen (secondary N) is 1. The van der Waals surface area contributed by atoms with Crippen LogP contribution in [0, 0.1) is 0 Å². The Morgan fingerprint density at radius 3 is 2.52 bits per heavy atom. The van der Waals surface area contributed by atoms with Crippen molar-refractivity contribution in [3.05, 3.63) is 101 Å². The first-order valence-corrected chi connectivity index (χ1v) is 12.7. The third kappa shape index (κ3) is 4.24. The number of nitrogens with zero attached hydrogens (tertiary/aromatic N) is 1. The van der Waals surface area contributed by atoms with Crippen LogP contribution in [0.15, 0.2) is 83.3 Å². The van der Waals surface area contributed by atoms with Crippen LogP contribution >= 0.6 is 0 Å². The minimum atomic E-state index is -3.36. The number of anilines is 1. The molecule has 1 aliphatic heterocycles. The first kappa shape index (κ1) is 21.3. The van der Waals surface area contributed by atoms with E-state index in [0.717, 1.165) is 34.9 Å². The Morgan fingerprint density at radius 2 is 1.76 bits per heavy atom. The number of fused-ring (bicyclic) bond motifs is 2. The summed E-state index contributed by atoms with van der Waals surface area (Å²) in [6.45, 7) is 0.458. The number of amides is 1. The number of benzene rings is 3. The maximum absolute atomic E-state index is 13.3. The normalized spacial score (nSPS) is 14.6. The summed E-state index contributed by atoms with van der Waals surface area (Å²) < 4.78 is 31.8. The lowest BCUT2D eigenvalue weighted by Crippen LogP contribution is -2.35. The van der Waals surface area contributed by atoms with Crippen molar-refractivity contribution in [2.45, 2.75) is 18.9 Å². The van der Waals surface area contributed by atoms with Crippen LogP contribution in [0.3, 0.4) is 0 Å². The molecule has 1 unspecified atom stereocenters. The smallest absolute Gasteiger partial charge is 0.252 e. The Bertz CT molecular complexity index is 1390. The molecule has 4 aromatic rings. The van der Waals surface area contributed by atoms with Gasteiger partial charge in [-0.3, -0.25) is 9.10 Å². The highest BCUT2D eigenvalue weighted by atomic mass is 32.2. The summed E-state index contributed by atoms with van der Waals surface area (Å²) in [5, 5.41) is 4.08. The third-order valence-electron chi connectivity index (χ3n) is 5.96. The number of carbonyl (C=O) groups is 1. The van der Waals surface area contributed by atoms with Gasteiger partial charge >= 0.3 is 0 Å². The van der Waals surface area contributed by atoms with E-state index in [4.69, 9.17) is 4.42 Å². The maximum atomic E-state index is 13.3. The molecule has 1 aliphatic rings. The third-order valence-corrected chi connectivity index (χ3v) is 7.14. The molecule has 0 fully saturated rings. The zero-order chi connectivity index (χ0) is 23.0. The highest BCUT2D eigenvalue weighted by molar-refractivity contribution is 7.92. The topological polar surface area (TPSA) is 79.6 Å². The highest BCUT2D eigenvalue weighted by Crippen LogP contribution is 2.31. The largest absolute Gasteiger partial charge is 0.459 e. The van der Waals surface area contributed by atoms with Crippen molar-refractivity contribution in [2.75, 3.05) is 17.1 Å². The van der Waals surface area contributed by atoms with Crippen LogP contribution in [0.2, 0.25) is 0 Å². The lowest BCUT2D eigenvalue weighted by atomic mass is 9.99. The fourth-order valence-electron chi connectivity index (χ4n) is 4.37. The lowest BCUT2D eigenvalue weighted by Gasteiger charge is -2.29. The van der Waals surface area contributed by atoms with Gasteiger partial charge in [-0.15, -0.1) is 0 Å². The molecule has 5 rings (SSSR count).